The number of carbonyl (C=O) groups is 3. The lowest BCUT2D eigenvalue weighted by atomic mass is 10.1. The molecule has 134 valence electrons. The summed E-state index contributed by atoms with van der Waals surface area (Å²) < 4.78 is 5.28. The topological polar surface area (TPSA) is 98.8 Å². The molecule has 0 aromatic heterocycles. The summed E-state index contributed by atoms with van der Waals surface area (Å²) in [7, 11) is 1.53. The van der Waals surface area contributed by atoms with Crippen molar-refractivity contribution < 1.29 is 24.2 Å². The highest BCUT2D eigenvalue weighted by Gasteiger charge is 2.36. The number of para-hydroxylation sites is 2. The number of amides is 2. The Hall–Kier alpha value is -3.35. The number of methoxy groups -OCH3 is 1. The molecule has 2 amide bonds. The maximum atomic E-state index is 12.5. The fourth-order valence-electron chi connectivity index (χ4n) is 2.90. The standard InChI is InChI=1S/C19H18N2O5/c1-26-16-5-3-2-4-15(16)21-11-13(10-17(21)22)18(23)20-14-8-6-12(7-9-14)19(24)25/h2-9,13H,10-11H2,1H3,(H,20,23)(H,24,25)/p-1/t13-/m0/s1. The van der Waals surface area contributed by atoms with Crippen molar-refractivity contribution in [2.24, 2.45) is 5.92 Å². The van der Waals surface area contributed by atoms with Crippen LogP contribution in [0.15, 0.2) is 48.5 Å². The minimum absolute atomic E-state index is 0.0291. The van der Waals surface area contributed by atoms with Crippen molar-refractivity contribution in [2.75, 3.05) is 23.9 Å². The number of nitrogens with one attached hydrogen (secondary N) is 1. The second kappa shape index (κ2) is 7.26. The van der Waals surface area contributed by atoms with Crippen LogP contribution in [0.4, 0.5) is 11.4 Å². The summed E-state index contributed by atoms with van der Waals surface area (Å²) >= 11 is 0. The van der Waals surface area contributed by atoms with Gasteiger partial charge in [0.15, 0.2) is 0 Å². The van der Waals surface area contributed by atoms with Crippen molar-refractivity contribution in [3.63, 3.8) is 0 Å². The van der Waals surface area contributed by atoms with Gasteiger partial charge in [0.25, 0.3) is 0 Å². The molecule has 1 N–H and O–H groups in total. The summed E-state index contributed by atoms with van der Waals surface area (Å²) in [4.78, 5) is 37.1. The highest BCUT2D eigenvalue weighted by atomic mass is 16.5. The monoisotopic (exact) mass is 353 g/mol. The molecule has 0 unspecified atom stereocenters. The molecule has 0 spiro atoms. The average Bonchev–Trinajstić information content (AvgIpc) is 3.04. The van der Waals surface area contributed by atoms with Crippen molar-refractivity contribution in [1.29, 1.82) is 0 Å². The molecule has 1 heterocycles. The molecule has 0 radical (unpaired) electrons. The number of rotatable bonds is 5. The van der Waals surface area contributed by atoms with Crippen molar-refractivity contribution in [3.8, 4) is 5.75 Å². The minimum Gasteiger partial charge on any atom is -0.545 e. The number of aromatic carboxylic acids is 1. The normalized spacial score (nSPS) is 16.4. The van der Waals surface area contributed by atoms with Gasteiger partial charge in [-0.15, -0.1) is 0 Å². The number of ether oxygens (including phenoxy) is 1. The fraction of sp³-hybridized carbons (Fsp3) is 0.211. The van der Waals surface area contributed by atoms with Gasteiger partial charge in [0, 0.05) is 18.7 Å². The van der Waals surface area contributed by atoms with Crippen LogP contribution in [0, 0.1) is 5.92 Å². The number of carboxylic acid groups (broad SMARTS) is 1. The lowest BCUT2D eigenvalue weighted by molar-refractivity contribution is -0.255. The number of anilines is 2. The van der Waals surface area contributed by atoms with Gasteiger partial charge in [-0.25, -0.2) is 0 Å². The van der Waals surface area contributed by atoms with Gasteiger partial charge in [-0.1, -0.05) is 24.3 Å². The Labute approximate surface area is 150 Å². The zero-order valence-electron chi connectivity index (χ0n) is 14.1. The van der Waals surface area contributed by atoms with Crippen LogP contribution >= 0.6 is 0 Å². The highest BCUT2D eigenvalue weighted by molar-refractivity contribution is 6.04. The van der Waals surface area contributed by atoms with Gasteiger partial charge < -0.3 is 24.9 Å². The molecule has 2 aromatic rings. The minimum atomic E-state index is -1.28. The van der Waals surface area contributed by atoms with Crippen LogP contribution in [0.25, 0.3) is 0 Å². The quantitative estimate of drug-likeness (QED) is 0.866. The Kier molecular flexibility index (Phi) is 4.88. The van der Waals surface area contributed by atoms with Crippen LogP contribution in [0.2, 0.25) is 0 Å². The Morgan fingerprint density at radius 1 is 1.15 bits per heavy atom. The molecule has 1 atom stereocenters. The number of carbonyl (C=O) groups excluding carboxylic acids is 3. The van der Waals surface area contributed by atoms with Gasteiger partial charge in [-0.3, -0.25) is 9.59 Å². The van der Waals surface area contributed by atoms with Gasteiger partial charge in [0.05, 0.1) is 24.7 Å². The first-order valence-corrected chi connectivity index (χ1v) is 8.05. The predicted octanol–water partition coefficient (Wildman–Crippen LogP) is 1.05. The molecule has 3 rings (SSSR count). The lowest BCUT2D eigenvalue weighted by Crippen LogP contribution is -2.28. The van der Waals surface area contributed by atoms with E-state index in [0.29, 0.717) is 17.1 Å². The van der Waals surface area contributed by atoms with E-state index in [2.05, 4.69) is 5.32 Å². The summed E-state index contributed by atoms with van der Waals surface area (Å²) in [6.45, 7) is 0.252. The molecule has 1 fully saturated rings. The molecule has 7 nitrogen and oxygen atoms in total. The number of nitrogens with zero attached hydrogens (tertiary/aromatic N) is 1. The molecule has 0 saturated carbocycles. The first-order chi connectivity index (χ1) is 12.5. The van der Waals surface area contributed by atoms with Gasteiger partial charge in [0.1, 0.15) is 5.75 Å². The summed E-state index contributed by atoms with van der Waals surface area (Å²) in [5, 5.41) is 13.5. The summed E-state index contributed by atoms with van der Waals surface area (Å²) in [6.07, 6.45) is 0.0982. The molecule has 0 aliphatic carbocycles. The second-order valence-corrected chi connectivity index (χ2v) is 5.93. The molecule has 7 heteroatoms. The lowest BCUT2D eigenvalue weighted by Gasteiger charge is -2.19. The van der Waals surface area contributed by atoms with E-state index in [4.69, 9.17) is 4.74 Å². The van der Waals surface area contributed by atoms with E-state index >= 15 is 0 Å². The smallest absolute Gasteiger partial charge is 0.229 e. The highest BCUT2D eigenvalue weighted by Crippen LogP contribution is 2.33. The average molecular weight is 353 g/mol. The maximum absolute atomic E-state index is 12.5. The van der Waals surface area contributed by atoms with E-state index in [1.165, 1.54) is 31.4 Å². The molecule has 0 bridgehead atoms. The van der Waals surface area contributed by atoms with Crippen LogP contribution in [-0.4, -0.2) is 31.4 Å². The molecule has 2 aromatic carbocycles. The van der Waals surface area contributed by atoms with Crippen molar-refractivity contribution in [2.45, 2.75) is 6.42 Å². The zero-order valence-corrected chi connectivity index (χ0v) is 14.1. The third-order valence-electron chi connectivity index (χ3n) is 4.26. The maximum Gasteiger partial charge on any atom is 0.229 e. The Morgan fingerprint density at radius 3 is 2.50 bits per heavy atom. The summed E-state index contributed by atoms with van der Waals surface area (Å²) in [6, 6.07) is 12.8. The zero-order chi connectivity index (χ0) is 18.7. The molecular weight excluding hydrogens is 336 g/mol. The first kappa shape index (κ1) is 17.5. The van der Waals surface area contributed by atoms with Crippen LogP contribution in [-0.2, 0) is 9.59 Å². The number of hydrogen-bond acceptors (Lipinski definition) is 5. The molecule has 1 aliphatic heterocycles. The van der Waals surface area contributed by atoms with E-state index in [0.717, 1.165) is 0 Å². The summed E-state index contributed by atoms with van der Waals surface area (Å²) in [5.74, 6) is -1.66. The van der Waals surface area contributed by atoms with E-state index < -0.39 is 11.9 Å². The predicted molar refractivity (Wildman–Crippen MR) is 92.9 cm³/mol. The Balaban J connectivity index is 1.70. The SMILES string of the molecule is COc1ccccc1N1C[C@@H](C(=O)Nc2ccc(C(=O)[O-])cc2)CC1=O. The fourth-order valence-corrected chi connectivity index (χ4v) is 2.90. The van der Waals surface area contributed by atoms with E-state index in [9.17, 15) is 19.5 Å². The second-order valence-electron chi connectivity index (χ2n) is 5.93. The van der Waals surface area contributed by atoms with E-state index in [1.807, 2.05) is 6.07 Å². The number of carboxylic acids is 1. The largest absolute Gasteiger partial charge is 0.545 e. The van der Waals surface area contributed by atoms with Crippen LogP contribution in [0.1, 0.15) is 16.8 Å². The molecular formula is C19H17N2O5-. The first-order valence-electron chi connectivity index (χ1n) is 8.05. The number of hydrogen-bond donors (Lipinski definition) is 1. The summed E-state index contributed by atoms with van der Waals surface area (Å²) in [5.41, 5.74) is 1.12. The van der Waals surface area contributed by atoms with Crippen molar-refractivity contribution in [3.05, 3.63) is 54.1 Å². The molecule has 1 saturated heterocycles. The third kappa shape index (κ3) is 3.51. The van der Waals surface area contributed by atoms with Gasteiger partial charge in [0.2, 0.25) is 11.8 Å². The Morgan fingerprint density at radius 2 is 1.85 bits per heavy atom. The van der Waals surface area contributed by atoms with Crippen LogP contribution in [0.3, 0.4) is 0 Å². The van der Waals surface area contributed by atoms with Crippen LogP contribution < -0.4 is 20.1 Å². The van der Waals surface area contributed by atoms with E-state index in [-0.39, 0.29) is 30.3 Å². The van der Waals surface area contributed by atoms with Gasteiger partial charge in [-0.05, 0) is 29.8 Å². The van der Waals surface area contributed by atoms with E-state index in [1.54, 1.807) is 23.1 Å². The molecule has 1 aliphatic rings. The third-order valence-corrected chi connectivity index (χ3v) is 4.26. The number of benzene rings is 2. The molecule has 26 heavy (non-hydrogen) atoms. The van der Waals surface area contributed by atoms with Crippen LogP contribution in [0.5, 0.6) is 5.75 Å². The van der Waals surface area contributed by atoms with Crippen molar-refractivity contribution in [1.82, 2.24) is 0 Å². The van der Waals surface area contributed by atoms with Crippen molar-refractivity contribution >= 4 is 29.2 Å². The Bertz CT molecular complexity index is 847. The van der Waals surface area contributed by atoms with Gasteiger partial charge in [-0.2, -0.15) is 0 Å². The van der Waals surface area contributed by atoms with Gasteiger partial charge >= 0.3 is 0 Å².